The standard InChI is InChI=1S/C12H17N3/c1-13-10-11-5-6-14-12(9-11)15-7-3-2-4-8-15/h2-3,5-6,9,13H,4,7-8,10H2,1H3. The van der Waals surface area contributed by atoms with Crippen LogP contribution in [0, 0.1) is 0 Å². The molecule has 0 spiro atoms. The molecule has 1 N–H and O–H groups in total. The lowest BCUT2D eigenvalue weighted by atomic mass is 10.2. The zero-order valence-electron chi connectivity index (χ0n) is 9.11. The monoisotopic (exact) mass is 203 g/mol. The van der Waals surface area contributed by atoms with Gasteiger partial charge in [0.2, 0.25) is 0 Å². The van der Waals surface area contributed by atoms with Crippen LogP contribution in [-0.2, 0) is 6.54 Å². The second kappa shape index (κ2) is 4.94. The minimum atomic E-state index is 0.902. The van der Waals surface area contributed by atoms with E-state index in [1.165, 1.54) is 5.56 Å². The highest BCUT2D eigenvalue weighted by Crippen LogP contribution is 2.15. The van der Waals surface area contributed by atoms with Crippen molar-refractivity contribution < 1.29 is 0 Å². The lowest BCUT2D eigenvalue weighted by Gasteiger charge is -2.24. The summed E-state index contributed by atoms with van der Waals surface area (Å²) in [6, 6.07) is 4.22. The number of nitrogens with zero attached hydrogens (tertiary/aromatic N) is 2. The average molecular weight is 203 g/mol. The summed E-state index contributed by atoms with van der Waals surface area (Å²) in [5.41, 5.74) is 1.29. The summed E-state index contributed by atoms with van der Waals surface area (Å²) in [5, 5.41) is 3.15. The zero-order chi connectivity index (χ0) is 10.5. The maximum Gasteiger partial charge on any atom is 0.129 e. The molecule has 0 aliphatic carbocycles. The van der Waals surface area contributed by atoms with Crippen molar-refractivity contribution in [1.82, 2.24) is 10.3 Å². The highest BCUT2D eigenvalue weighted by Gasteiger charge is 2.08. The SMILES string of the molecule is CNCc1ccnc(N2CC=CCC2)c1. The summed E-state index contributed by atoms with van der Waals surface area (Å²) in [5.74, 6) is 1.09. The number of nitrogens with one attached hydrogen (secondary N) is 1. The fourth-order valence-electron chi connectivity index (χ4n) is 1.80. The third-order valence-corrected chi connectivity index (χ3v) is 2.57. The van der Waals surface area contributed by atoms with E-state index < -0.39 is 0 Å². The zero-order valence-corrected chi connectivity index (χ0v) is 9.11. The van der Waals surface area contributed by atoms with E-state index in [4.69, 9.17) is 0 Å². The summed E-state index contributed by atoms with van der Waals surface area (Å²) < 4.78 is 0. The molecular weight excluding hydrogens is 186 g/mol. The van der Waals surface area contributed by atoms with Gasteiger partial charge < -0.3 is 10.2 Å². The molecule has 1 aromatic rings. The van der Waals surface area contributed by atoms with Crippen molar-refractivity contribution in [2.24, 2.45) is 0 Å². The normalized spacial score (nSPS) is 15.7. The predicted octanol–water partition coefficient (Wildman–Crippen LogP) is 1.57. The number of hydrogen-bond donors (Lipinski definition) is 1. The van der Waals surface area contributed by atoms with E-state index in [-0.39, 0.29) is 0 Å². The van der Waals surface area contributed by atoms with Gasteiger partial charge in [0, 0.05) is 25.8 Å². The minimum Gasteiger partial charge on any atom is -0.353 e. The van der Waals surface area contributed by atoms with Crippen molar-refractivity contribution in [2.45, 2.75) is 13.0 Å². The molecule has 3 nitrogen and oxygen atoms in total. The minimum absolute atomic E-state index is 0.902. The first-order valence-electron chi connectivity index (χ1n) is 5.39. The highest BCUT2D eigenvalue weighted by molar-refractivity contribution is 5.42. The fourth-order valence-corrected chi connectivity index (χ4v) is 1.80. The lowest BCUT2D eigenvalue weighted by molar-refractivity contribution is 0.791. The Morgan fingerprint density at radius 1 is 1.47 bits per heavy atom. The van der Waals surface area contributed by atoms with E-state index in [1.807, 2.05) is 13.2 Å². The molecule has 0 unspecified atom stereocenters. The molecule has 1 aromatic heterocycles. The van der Waals surface area contributed by atoms with Crippen LogP contribution in [0.4, 0.5) is 5.82 Å². The van der Waals surface area contributed by atoms with E-state index in [2.05, 4.69) is 39.5 Å². The topological polar surface area (TPSA) is 28.2 Å². The van der Waals surface area contributed by atoms with Crippen molar-refractivity contribution in [3.63, 3.8) is 0 Å². The predicted molar refractivity (Wildman–Crippen MR) is 63.0 cm³/mol. The molecule has 1 aliphatic rings. The Hall–Kier alpha value is -1.35. The van der Waals surface area contributed by atoms with Crippen LogP contribution in [0.2, 0.25) is 0 Å². The van der Waals surface area contributed by atoms with Gasteiger partial charge >= 0.3 is 0 Å². The maximum atomic E-state index is 4.41. The van der Waals surface area contributed by atoms with E-state index in [0.717, 1.165) is 31.9 Å². The summed E-state index contributed by atoms with van der Waals surface area (Å²) in [6.07, 6.45) is 7.45. The van der Waals surface area contributed by atoms with Gasteiger partial charge in [0.05, 0.1) is 0 Å². The van der Waals surface area contributed by atoms with Gasteiger partial charge in [-0.05, 0) is 31.2 Å². The molecule has 0 saturated carbocycles. The third kappa shape index (κ3) is 2.57. The Morgan fingerprint density at radius 3 is 3.13 bits per heavy atom. The Balaban J connectivity index is 2.13. The molecule has 1 aliphatic heterocycles. The lowest BCUT2D eigenvalue weighted by Crippen LogP contribution is -2.27. The first-order valence-corrected chi connectivity index (χ1v) is 5.39. The number of aromatic nitrogens is 1. The van der Waals surface area contributed by atoms with Gasteiger partial charge in [-0.2, -0.15) is 0 Å². The molecular formula is C12H17N3. The molecule has 0 bridgehead atoms. The molecule has 0 radical (unpaired) electrons. The van der Waals surface area contributed by atoms with Crippen molar-refractivity contribution in [2.75, 3.05) is 25.0 Å². The Kier molecular flexibility index (Phi) is 3.35. The average Bonchev–Trinajstić information content (AvgIpc) is 2.31. The maximum absolute atomic E-state index is 4.41. The van der Waals surface area contributed by atoms with Gasteiger partial charge in [-0.15, -0.1) is 0 Å². The van der Waals surface area contributed by atoms with Gasteiger partial charge in [0.15, 0.2) is 0 Å². The molecule has 80 valence electrons. The Morgan fingerprint density at radius 2 is 2.40 bits per heavy atom. The quantitative estimate of drug-likeness (QED) is 0.756. The number of anilines is 1. The van der Waals surface area contributed by atoms with E-state index in [9.17, 15) is 0 Å². The van der Waals surface area contributed by atoms with E-state index in [0.29, 0.717) is 0 Å². The van der Waals surface area contributed by atoms with Crippen LogP contribution in [0.1, 0.15) is 12.0 Å². The third-order valence-electron chi connectivity index (χ3n) is 2.57. The highest BCUT2D eigenvalue weighted by atomic mass is 15.2. The summed E-state index contributed by atoms with van der Waals surface area (Å²) in [7, 11) is 1.96. The van der Waals surface area contributed by atoms with Crippen LogP contribution < -0.4 is 10.2 Å². The summed E-state index contributed by atoms with van der Waals surface area (Å²) >= 11 is 0. The van der Waals surface area contributed by atoms with Crippen LogP contribution in [0.5, 0.6) is 0 Å². The van der Waals surface area contributed by atoms with Crippen LogP contribution in [0.25, 0.3) is 0 Å². The van der Waals surface area contributed by atoms with Gasteiger partial charge in [0.1, 0.15) is 5.82 Å². The second-order valence-electron chi connectivity index (χ2n) is 3.76. The molecule has 0 amide bonds. The van der Waals surface area contributed by atoms with Gasteiger partial charge in [-0.3, -0.25) is 0 Å². The second-order valence-corrected chi connectivity index (χ2v) is 3.76. The Labute approximate surface area is 90.8 Å². The molecule has 2 rings (SSSR count). The van der Waals surface area contributed by atoms with Crippen molar-refractivity contribution >= 4 is 5.82 Å². The first-order chi connectivity index (χ1) is 7.40. The summed E-state index contributed by atoms with van der Waals surface area (Å²) in [6.45, 7) is 2.96. The van der Waals surface area contributed by atoms with Gasteiger partial charge in [-0.25, -0.2) is 4.98 Å². The van der Waals surface area contributed by atoms with Crippen molar-refractivity contribution in [3.05, 3.63) is 36.0 Å². The van der Waals surface area contributed by atoms with Crippen LogP contribution in [0.3, 0.4) is 0 Å². The van der Waals surface area contributed by atoms with Gasteiger partial charge in [-0.1, -0.05) is 12.2 Å². The Bertz CT molecular complexity index is 346. The molecule has 15 heavy (non-hydrogen) atoms. The van der Waals surface area contributed by atoms with E-state index >= 15 is 0 Å². The largest absolute Gasteiger partial charge is 0.353 e. The van der Waals surface area contributed by atoms with Crippen LogP contribution in [-0.4, -0.2) is 25.1 Å². The molecule has 0 aromatic carbocycles. The number of hydrogen-bond acceptors (Lipinski definition) is 3. The molecule has 2 heterocycles. The fraction of sp³-hybridized carbons (Fsp3) is 0.417. The molecule has 0 atom stereocenters. The first kappa shape index (κ1) is 10.2. The molecule has 0 saturated heterocycles. The molecule has 3 heteroatoms. The van der Waals surface area contributed by atoms with Crippen molar-refractivity contribution in [3.8, 4) is 0 Å². The summed E-state index contributed by atoms with van der Waals surface area (Å²) in [4.78, 5) is 6.71. The molecule has 0 fully saturated rings. The smallest absolute Gasteiger partial charge is 0.129 e. The van der Waals surface area contributed by atoms with Crippen molar-refractivity contribution in [1.29, 1.82) is 0 Å². The van der Waals surface area contributed by atoms with Gasteiger partial charge in [0.25, 0.3) is 0 Å². The van der Waals surface area contributed by atoms with Crippen LogP contribution in [0.15, 0.2) is 30.5 Å². The van der Waals surface area contributed by atoms with E-state index in [1.54, 1.807) is 0 Å². The van der Waals surface area contributed by atoms with Crippen LogP contribution >= 0.6 is 0 Å². The number of rotatable bonds is 3. The number of pyridine rings is 1.